The number of ether oxygens (including phenoxy) is 1. The maximum Gasteiger partial charge on any atom is 0.356 e. The number of nitrogens with zero attached hydrogens (tertiary/aromatic N) is 2. The summed E-state index contributed by atoms with van der Waals surface area (Å²) in [6.07, 6.45) is -0.924. The number of carboxylic acid groups (broad SMARTS) is 1. The lowest BCUT2D eigenvalue weighted by Gasteiger charge is -2.08. The van der Waals surface area contributed by atoms with Crippen molar-refractivity contribution in [1.82, 2.24) is 9.78 Å². The summed E-state index contributed by atoms with van der Waals surface area (Å²) in [7, 11) is 0. The van der Waals surface area contributed by atoms with E-state index in [1.165, 1.54) is 10.7 Å². The number of halogens is 1. The van der Waals surface area contributed by atoms with Gasteiger partial charge in [0.05, 0.1) is 5.69 Å². The first-order valence-corrected chi connectivity index (χ1v) is 6.29. The molecule has 0 radical (unpaired) electrons. The van der Waals surface area contributed by atoms with Gasteiger partial charge in [-0.1, -0.05) is 15.9 Å². The summed E-state index contributed by atoms with van der Waals surface area (Å²) in [5, 5.41) is 23.0. The number of rotatable bonds is 1. The van der Waals surface area contributed by atoms with Crippen molar-refractivity contribution in [2.24, 2.45) is 0 Å². The summed E-state index contributed by atoms with van der Waals surface area (Å²) >= 11 is 3.34. The molecule has 98 valence electrons. The van der Waals surface area contributed by atoms with Crippen LogP contribution in [0.25, 0.3) is 5.69 Å². The van der Waals surface area contributed by atoms with Crippen LogP contribution in [-0.4, -0.2) is 32.6 Å². The Morgan fingerprint density at radius 2 is 2.26 bits per heavy atom. The van der Waals surface area contributed by atoms with Crippen LogP contribution in [0.2, 0.25) is 0 Å². The molecule has 0 aliphatic carbocycles. The molecule has 2 N–H and O–H groups in total. The number of hydrogen-bond acceptors (Lipinski definition) is 4. The number of aromatic nitrogens is 2. The quantitative estimate of drug-likeness (QED) is 0.835. The van der Waals surface area contributed by atoms with Gasteiger partial charge in [-0.2, -0.15) is 5.10 Å². The zero-order valence-electron chi connectivity index (χ0n) is 9.58. The molecule has 1 atom stereocenters. The van der Waals surface area contributed by atoms with Gasteiger partial charge in [0.2, 0.25) is 0 Å². The number of carboxylic acids is 1. The number of benzene rings is 1. The highest BCUT2D eigenvalue weighted by Crippen LogP contribution is 2.33. The van der Waals surface area contributed by atoms with Crippen LogP contribution < -0.4 is 4.74 Å². The Hall–Kier alpha value is -1.86. The highest BCUT2D eigenvalue weighted by molar-refractivity contribution is 9.10. The molecule has 1 aliphatic rings. The molecule has 7 heteroatoms. The number of aromatic carboxylic acids is 1. The van der Waals surface area contributed by atoms with Gasteiger partial charge in [-0.3, -0.25) is 0 Å². The molecule has 1 aromatic carbocycles. The Bertz CT molecular complexity index is 668. The molecule has 0 spiro atoms. The fourth-order valence-electron chi connectivity index (χ4n) is 1.96. The Kier molecular flexibility index (Phi) is 2.79. The molecule has 0 fully saturated rings. The van der Waals surface area contributed by atoms with Gasteiger partial charge in [0.25, 0.3) is 0 Å². The van der Waals surface area contributed by atoms with Crippen LogP contribution in [0, 0.1) is 0 Å². The van der Waals surface area contributed by atoms with Crippen molar-refractivity contribution in [3.8, 4) is 11.4 Å². The predicted molar refractivity (Wildman–Crippen MR) is 68.7 cm³/mol. The van der Waals surface area contributed by atoms with Crippen LogP contribution in [0.1, 0.15) is 22.3 Å². The Balaban J connectivity index is 2.25. The molecule has 2 aromatic rings. The second-order valence-corrected chi connectivity index (χ2v) is 5.03. The summed E-state index contributed by atoms with van der Waals surface area (Å²) in [6, 6.07) is 6.66. The zero-order valence-corrected chi connectivity index (χ0v) is 11.2. The largest absolute Gasteiger partial charge is 0.488 e. The summed E-state index contributed by atoms with van der Waals surface area (Å²) in [4.78, 5) is 11.0. The molecule has 1 aliphatic heterocycles. The standard InChI is InChI=1S/C12H9BrN2O4/c13-6-1-2-11-9(3-6)15-8(10(16)5-19-11)4-7(14-15)12(17)18/h1-4,10,16H,5H2,(H,17,18). The summed E-state index contributed by atoms with van der Waals surface area (Å²) in [5.41, 5.74) is 0.879. The number of aliphatic hydroxyl groups excluding tert-OH is 1. The molecule has 0 bridgehead atoms. The molecular formula is C12H9BrN2O4. The highest BCUT2D eigenvalue weighted by atomic mass is 79.9. The first-order chi connectivity index (χ1) is 9.06. The van der Waals surface area contributed by atoms with Crippen molar-refractivity contribution in [2.75, 3.05) is 6.61 Å². The van der Waals surface area contributed by atoms with E-state index >= 15 is 0 Å². The van der Waals surface area contributed by atoms with Crippen LogP contribution in [0.4, 0.5) is 0 Å². The highest BCUT2D eigenvalue weighted by Gasteiger charge is 2.25. The van der Waals surface area contributed by atoms with Crippen molar-refractivity contribution >= 4 is 21.9 Å². The number of carbonyl (C=O) groups is 1. The van der Waals surface area contributed by atoms with Crippen LogP contribution in [0.3, 0.4) is 0 Å². The van der Waals surface area contributed by atoms with Crippen molar-refractivity contribution in [3.63, 3.8) is 0 Å². The lowest BCUT2D eigenvalue weighted by Crippen LogP contribution is -2.09. The van der Waals surface area contributed by atoms with Crippen LogP contribution in [0.5, 0.6) is 5.75 Å². The first-order valence-electron chi connectivity index (χ1n) is 5.50. The van der Waals surface area contributed by atoms with Gasteiger partial charge in [-0.25, -0.2) is 9.48 Å². The minimum Gasteiger partial charge on any atom is -0.488 e. The van der Waals surface area contributed by atoms with E-state index in [9.17, 15) is 9.90 Å². The number of fused-ring (bicyclic) bond motifs is 3. The van der Waals surface area contributed by atoms with Crippen molar-refractivity contribution in [1.29, 1.82) is 0 Å². The predicted octanol–water partition coefficient (Wildman–Crippen LogP) is 1.76. The molecule has 19 heavy (non-hydrogen) atoms. The van der Waals surface area contributed by atoms with Crippen molar-refractivity contribution in [2.45, 2.75) is 6.10 Å². The van der Waals surface area contributed by atoms with Gasteiger partial charge >= 0.3 is 5.97 Å². The SMILES string of the molecule is O=C(O)c1cc2n(n1)-c1cc(Br)ccc1OCC2O. The van der Waals surface area contributed by atoms with E-state index in [1.807, 2.05) is 0 Å². The topological polar surface area (TPSA) is 84.6 Å². The second-order valence-electron chi connectivity index (χ2n) is 4.11. The molecule has 3 rings (SSSR count). The van der Waals surface area contributed by atoms with Gasteiger partial charge in [-0.05, 0) is 24.3 Å². The molecule has 0 amide bonds. The Labute approximate surface area is 116 Å². The molecule has 1 aromatic heterocycles. The lowest BCUT2D eigenvalue weighted by atomic mass is 10.2. The Morgan fingerprint density at radius 3 is 3.00 bits per heavy atom. The molecule has 6 nitrogen and oxygen atoms in total. The molecule has 0 saturated heterocycles. The van der Waals surface area contributed by atoms with Gasteiger partial charge in [0.1, 0.15) is 24.1 Å². The van der Waals surface area contributed by atoms with Crippen molar-refractivity contribution < 1.29 is 19.7 Å². The molecule has 0 saturated carbocycles. The number of hydrogen-bond donors (Lipinski definition) is 2. The minimum atomic E-state index is -1.13. The first kappa shape index (κ1) is 12.2. The van der Waals surface area contributed by atoms with E-state index in [0.717, 1.165) is 4.47 Å². The van der Waals surface area contributed by atoms with E-state index in [1.54, 1.807) is 18.2 Å². The third kappa shape index (κ3) is 2.00. The van der Waals surface area contributed by atoms with Crippen LogP contribution in [0.15, 0.2) is 28.7 Å². The smallest absolute Gasteiger partial charge is 0.356 e. The fraction of sp³-hybridized carbons (Fsp3) is 0.167. The van der Waals surface area contributed by atoms with E-state index in [-0.39, 0.29) is 12.3 Å². The van der Waals surface area contributed by atoms with E-state index in [0.29, 0.717) is 17.1 Å². The van der Waals surface area contributed by atoms with Crippen LogP contribution >= 0.6 is 15.9 Å². The molecule has 2 heterocycles. The zero-order chi connectivity index (χ0) is 13.6. The third-order valence-corrected chi connectivity index (χ3v) is 3.34. The third-order valence-electron chi connectivity index (χ3n) is 2.84. The van der Waals surface area contributed by atoms with Gasteiger partial charge in [0, 0.05) is 4.47 Å². The normalized spacial score (nSPS) is 17.1. The summed E-state index contributed by atoms with van der Waals surface area (Å²) in [5.74, 6) is -0.591. The average Bonchev–Trinajstić information content (AvgIpc) is 2.77. The summed E-state index contributed by atoms with van der Waals surface area (Å²) < 4.78 is 7.69. The Morgan fingerprint density at radius 1 is 1.47 bits per heavy atom. The molecular weight excluding hydrogens is 316 g/mol. The fourth-order valence-corrected chi connectivity index (χ4v) is 2.31. The van der Waals surface area contributed by atoms with Gasteiger partial charge in [0.15, 0.2) is 5.69 Å². The summed E-state index contributed by atoms with van der Waals surface area (Å²) in [6.45, 7) is 0.0549. The second kappa shape index (κ2) is 4.36. The number of aliphatic hydroxyl groups is 1. The van der Waals surface area contributed by atoms with E-state index < -0.39 is 12.1 Å². The van der Waals surface area contributed by atoms with Crippen LogP contribution in [-0.2, 0) is 0 Å². The monoisotopic (exact) mass is 324 g/mol. The maximum absolute atomic E-state index is 11.0. The molecule has 1 unspecified atom stereocenters. The van der Waals surface area contributed by atoms with Crippen molar-refractivity contribution in [3.05, 3.63) is 40.1 Å². The van der Waals surface area contributed by atoms with Gasteiger partial charge < -0.3 is 14.9 Å². The van der Waals surface area contributed by atoms with E-state index in [4.69, 9.17) is 9.84 Å². The lowest BCUT2D eigenvalue weighted by molar-refractivity contribution is 0.0690. The van der Waals surface area contributed by atoms with E-state index in [2.05, 4.69) is 21.0 Å². The average molecular weight is 325 g/mol. The van der Waals surface area contributed by atoms with Gasteiger partial charge in [-0.15, -0.1) is 0 Å². The maximum atomic E-state index is 11.0. The minimum absolute atomic E-state index is 0.0549.